The van der Waals surface area contributed by atoms with Gasteiger partial charge in [0, 0.05) is 20.1 Å². The quantitative estimate of drug-likeness (QED) is 0.202. The minimum absolute atomic E-state index is 0. The van der Waals surface area contributed by atoms with Crippen LogP contribution in [0.15, 0.2) is 103 Å². The Hall–Kier alpha value is -3.46. The fourth-order valence-corrected chi connectivity index (χ4v) is 3.94. The van der Waals surface area contributed by atoms with Gasteiger partial charge in [-0.25, -0.2) is 0 Å². The van der Waals surface area contributed by atoms with Gasteiger partial charge in [0.25, 0.3) is 0 Å². The SMILES string of the molecule is [Ir].[c-]1ccc(N2c3ccccc3Oc3ccccc32)cc1-c1ccc2ccccc2n1. The fourth-order valence-electron chi connectivity index (χ4n) is 3.94. The second-order valence-corrected chi connectivity index (χ2v) is 7.22. The van der Waals surface area contributed by atoms with Crippen LogP contribution < -0.4 is 9.64 Å². The van der Waals surface area contributed by atoms with E-state index in [1.165, 1.54) is 0 Å². The summed E-state index contributed by atoms with van der Waals surface area (Å²) in [5.41, 5.74) is 5.92. The van der Waals surface area contributed by atoms with Crippen molar-refractivity contribution in [2.24, 2.45) is 0 Å². The molecule has 5 aromatic rings. The Kier molecular flexibility index (Phi) is 5.03. The van der Waals surface area contributed by atoms with E-state index in [-0.39, 0.29) is 20.1 Å². The summed E-state index contributed by atoms with van der Waals surface area (Å²) in [6.07, 6.45) is 0. The maximum Gasteiger partial charge on any atom is 0.151 e. The standard InChI is InChI=1S/C27H17N2O.Ir/c1-2-11-22-19(8-1)16-17-23(28-22)20-9-7-10-21(18-20)29-24-12-3-5-14-26(24)30-27-15-6-4-13-25(27)29;/h1-8,10-18H;/q-1;. The molecule has 1 radical (unpaired) electrons. The largest absolute Gasteiger partial charge is 0.453 e. The third-order valence-corrected chi connectivity index (χ3v) is 5.35. The first-order valence-electron chi connectivity index (χ1n) is 9.91. The molecular formula is C27H17IrN2O-. The minimum atomic E-state index is 0. The van der Waals surface area contributed by atoms with Crippen LogP contribution in [0.5, 0.6) is 11.5 Å². The average molecular weight is 578 g/mol. The molecule has 0 fully saturated rings. The summed E-state index contributed by atoms with van der Waals surface area (Å²) in [6.45, 7) is 0. The van der Waals surface area contributed by atoms with Crippen molar-refractivity contribution in [3.05, 3.63) is 109 Å². The molecule has 0 bridgehead atoms. The number of hydrogen-bond donors (Lipinski definition) is 0. The first kappa shape index (κ1) is 19.5. The van der Waals surface area contributed by atoms with Crippen molar-refractivity contribution in [2.45, 2.75) is 0 Å². The van der Waals surface area contributed by atoms with E-state index in [2.05, 4.69) is 53.4 Å². The summed E-state index contributed by atoms with van der Waals surface area (Å²) < 4.78 is 6.13. The first-order chi connectivity index (χ1) is 14.9. The molecule has 1 aliphatic heterocycles. The minimum Gasteiger partial charge on any atom is -0.453 e. The molecule has 3 nitrogen and oxygen atoms in total. The molecule has 0 atom stereocenters. The Bertz CT molecular complexity index is 1350. The predicted octanol–water partition coefficient (Wildman–Crippen LogP) is 7.27. The van der Waals surface area contributed by atoms with Crippen LogP contribution in [0.2, 0.25) is 0 Å². The van der Waals surface area contributed by atoms with Gasteiger partial charge in [-0.15, -0.1) is 29.8 Å². The van der Waals surface area contributed by atoms with E-state index >= 15 is 0 Å². The summed E-state index contributed by atoms with van der Waals surface area (Å²) in [5.74, 6) is 1.68. The van der Waals surface area contributed by atoms with Gasteiger partial charge in [0.2, 0.25) is 0 Å². The molecule has 0 spiro atoms. The molecule has 2 heterocycles. The molecule has 4 heteroatoms. The van der Waals surface area contributed by atoms with Crippen LogP contribution in [0.1, 0.15) is 0 Å². The zero-order chi connectivity index (χ0) is 19.9. The molecule has 0 unspecified atom stereocenters. The van der Waals surface area contributed by atoms with E-state index in [1.807, 2.05) is 60.7 Å². The van der Waals surface area contributed by atoms with Crippen LogP contribution >= 0.6 is 0 Å². The van der Waals surface area contributed by atoms with Crippen molar-refractivity contribution in [2.75, 3.05) is 4.90 Å². The molecule has 151 valence electrons. The summed E-state index contributed by atoms with van der Waals surface area (Å²) in [6, 6.07) is 38.1. The van der Waals surface area contributed by atoms with Gasteiger partial charge in [-0.2, -0.15) is 0 Å². The van der Waals surface area contributed by atoms with Crippen LogP contribution in [0, 0.1) is 6.07 Å². The molecule has 0 amide bonds. The first-order valence-corrected chi connectivity index (χ1v) is 9.91. The Morgan fingerprint density at radius 3 is 2.16 bits per heavy atom. The second kappa shape index (κ2) is 7.99. The van der Waals surface area contributed by atoms with Gasteiger partial charge >= 0.3 is 0 Å². The number of aromatic nitrogens is 1. The van der Waals surface area contributed by atoms with Crippen LogP contribution in [0.4, 0.5) is 17.1 Å². The smallest absolute Gasteiger partial charge is 0.151 e. The average Bonchev–Trinajstić information content (AvgIpc) is 2.82. The predicted molar refractivity (Wildman–Crippen MR) is 121 cm³/mol. The molecule has 1 aromatic heterocycles. The fraction of sp³-hybridized carbons (Fsp3) is 0. The number of rotatable bonds is 2. The molecule has 0 saturated heterocycles. The number of hydrogen-bond acceptors (Lipinski definition) is 3. The van der Waals surface area contributed by atoms with Gasteiger partial charge in [0.1, 0.15) is 0 Å². The number of nitrogens with zero attached hydrogens (tertiary/aromatic N) is 2. The number of ether oxygens (including phenoxy) is 1. The zero-order valence-electron chi connectivity index (χ0n) is 16.5. The summed E-state index contributed by atoms with van der Waals surface area (Å²) >= 11 is 0. The molecular weight excluding hydrogens is 561 g/mol. The van der Waals surface area contributed by atoms with Gasteiger partial charge in [-0.3, -0.25) is 4.98 Å². The summed E-state index contributed by atoms with van der Waals surface area (Å²) in [4.78, 5) is 7.07. The van der Waals surface area contributed by atoms with E-state index in [9.17, 15) is 0 Å². The van der Waals surface area contributed by atoms with Crippen molar-refractivity contribution in [3.8, 4) is 22.8 Å². The monoisotopic (exact) mass is 578 g/mol. The van der Waals surface area contributed by atoms with Gasteiger partial charge in [-0.05, 0) is 47.1 Å². The maximum atomic E-state index is 6.13. The summed E-state index contributed by atoms with van der Waals surface area (Å²) in [5, 5.41) is 1.13. The van der Waals surface area contributed by atoms with Gasteiger partial charge in [0.15, 0.2) is 11.5 Å². The van der Waals surface area contributed by atoms with Crippen molar-refractivity contribution < 1.29 is 24.8 Å². The van der Waals surface area contributed by atoms with Crippen LogP contribution in [0.3, 0.4) is 0 Å². The molecule has 0 aliphatic carbocycles. The number of benzene rings is 4. The molecule has 0 N–H and O–H groups in total. The van der Waals surface area contributed by atoms with E-state index in [4.69, 9.17) is 9.72 Å². The molecule has 1 aliphatic rings. The number of anilines is 3. The Labute approximate surface area is 194 Å². The van der Waals surface area contributed by atoms with Crippen molar-refractivity contribution >= 4 is 28.0 Å². The van der Waals surface area contributed by atoms with Gasteiger partial charge in [0.05, 0.1) is 16.9 Å². The van der Waals surface area contributed by atoms with Crippen LogP contribution in [-0.2, 0) is 20.1 Å². The summed E-state index contributed by atoms with van der Waals surface area (Å²) in [7, 11) is 0. The molecule has 31 heavy (non-hydrogen) atoms. The van der Waals surface area contributed by atoms with Gasteiger partial charge < -0.3 is 9.64 Å². The van der Waals surface area contributed by atoms with Crippen molar-refractivity contribution in [1.29, 1.82) is 0 Å². The van der Waals surface area contributed by atoms with E-state index in [0.29, 0.717) is 0 Å². The van der Waals surface area contributed by atoms with E-state index in [0.717, 1.165) is 50.7 Å². The zero-order valence-corrected chi connectivity index (χ0v) is 18.8. The number of para-hydroxylation sites is 5. The topological polar surface area (TPSA) is 25.4 Å². The van der Waals surface area contributed by atoms with E-state index in [1.54, 1.807) is 0 Å². The van der Waals surface area contributed by atoms with Gasteiger partial charge in [-0.1, -0.05) is 54.6 Å². The Morgan fingerprint density at radius 1 is 0.710 bits per heavy atom. The number of fused-ring (bicyclic) bond motifs is 3. The third-order valence-electron chi connectivity index (χ3n) is 5.35. The van der Waals surface area contributed by atoms with Crippen molar-refractivity contribution in [1.82, 2.24) is 4.98 Å². The Morgan fingerprint density at radius 2 is 1.39 bits per heavy atom. The third kappa shape index (κ3) is 3.40. The second-order valence-electron chi connectivity index (χ2n) is 7.22. The van der Waals surface area contributed by atoms with Crippen LogP contribution in [0.25, 0.3) is 22.2 Å². The number of pyridine rings is 1. The molecule has 6 rings (SSSR count). The maximum absolute atomic E-state index is 6.13. The van der Waals surface area contributed by atoms with E-state index < -0.39 is 0 Å². The molecule has 0 saturated carbocycles. The Balaban J connectivity index is 0.00000204. The van der Waals surface area contributed by atoms with Crippen molar-refractivity contribution in [3.63, 3.8) is 0 Å². The molecule has 4 aromatic carbocycles. The normalized spacial score (nSPS) is 11.8. The van der Waals surface area contributed by atoms with Crippen LogP contribution in [-0.4, -0.2) is 4.98 Å².